The lowest BCUT2D eigenvalue weighted by molar-refractivity contribution is -0.131. The van der Waals surface area contributed by atoms with Crippen molar-refractivity contribution in [2.75, 3.05) is 51.2 Å². The van der Waals surface area contributed by atoms with E-state index in [-0.39, 0.29) is 11.8 Å². The Morgan fingerprint density at radius 3 is 2.50 bits per heavy atom. The van der Waals surface area contributed by atoms with Crippen molar-refractivity contribution in [2.24, 2.45) is 5.92 Å². The fourth-order valence-corrected chi connectivity index (χ4v) is 3.82. The Balaban J connectivity index is 1.36. The average molecular weight is 380 g/mol. The van der Waals surface area contributed by atoms with Crippen LogP contribution in [0.5, 0.6) is 0 Å². The number of likely N-dealkylation sites (N-methyl/N-ethyl adjacent to an activating group) is 1. The van der Waals surface area contributed by atoms with Crippen molar-refractivity contribution in [1.29, 1.82) is 0 Å². The number of carbonyl (C=O) groups excluding carboxylic acids is 1. The number of rotatable bonds is 4. The molecule has 28 heavy (non-hydrogen) atoms. The van der Waals surface area contributed by atoms with Gasteiger partial charge in [0.2, 0.25) is 5.91 Å². The van der Waals surface area contributed by atoms with Gasteiger partial charge in [0.05, 0.1) is 11.6 Å². The first kappa shape index (κ1) is 18.8. The van der Waals surface area contributed by atoms with E-state index in [1.54, 1.807) is 0 Å². The third-order valence-corrected chi connectivity index (χ3v) is 5.61. The molecule has 1 aromatic heterocycles. The lowest BCUT2D eigenvalue weighted by Gasteiger charge is -2.36. The minimum atomic E-state index is -0.0102. The molecule has 1 amide bonds. The van der Waals surface area contributed by atoms with Crippen LogP contribution in [0.4, 0.5) is 5.82 Å². The summed E-state index contributed by atoms with van der Waals surface area (Å²) in [4.78, 5) is 17.2. The van der Waals surface area contributed by atoms with Gasteiger partial charge < -0.3 is 9.80 Å². The Kier molecular flexibility index (Phi) is 5.83. The highest BCUT2D eigenvalue weighted by Crippen LogP contribution is 2.23. The largest absolute Gasteiger partial charge is 0.354 e. The molecule has 1 atom stereocenters. The van der Waals surface area contributed by atoms with Gasteiger partial charge in [-0.2, -0.15) is 0 Å². The van der Waals surface area contributed by atoms with Crippen LogP contribution in [0.25, 0.3) is 11.3 Å². The number of anilines is 1. The van der Waals surface area contributed by atoms with E-state index in [0.717, 1.165) is 62.6 Å². The quantitative estimate of drug-likeness (QED) is 0.870. The number of hydrogen-bond acceptors (Lipinski definition) is 6. The van der Waals surface area contributed by atoms with Crippen LogP contribution in [-0.2, 0) is 4.79 Å². The summed E-state index contributed by atoms with van der Waals surface area (Å²) in [7, 11) is 2.11. The number of hydrogen-bond donors (Lipinski definition) is 1. The summed E-state index contributed by atoms with van der Waals surface area (Å²) in [6, 6.07) is 14.1. The molecule has 1 aromatic carbocycles. The third-order valence-electron chi connectivity index (χ3n) is 5.61. The number of nitrogens with zero attached hydrogens (tertiary/aromatic N) is 5. The number of aromatic nitrogens is 2. The van der Waals surface area contributed by atoms with Gasteiger partial charge >= 0.3 is 0 Å². The maximum atomic E-state index is 12.7. The lowest BCUT2D eigenvalue weighted by atomic mass is 9.97. The van der Waals surface area contributed by atoms with E-state index < -0.39 is 0 Å². The molecular formula is C21H28N6O. The normalized spacial score (nSPS) is 21.5. The summed E-state index contributed by atoms with van der Waals surface area (Å²) in [5, 5.41) is 10.9. The predicted octanol–water partition coefficient (Wildman–Crippen LogP) is 1.64. The van der Waals surface area contributed by atoms with Gasteiger partial charge in [-0.05, 0) is 32.0 Å². The van der Waals surface area contributed by atoms with Gasteiger partial charge in [-0.25, -0.2) is 5.01 Å². The van der Waals surface area contributed by atoms with Crippen LogP contribution in [-0.4, -0.2) is 72.3 Å². The highest BCUT2D eigenvalue weighted by atomic mass is 16.2. The summed E-state index contributed by atoms with van der Waals surface area (Å²) in [5.41, 5.74) is 5.04. The predicted molar refractivity (Wildman–Crippen MR) is 110 cm³/mol. The van der Waals surface area contributed by atoms with E-state index in [9.17, 15) is 4.79 Å². The van der Waals surface area contributed by atoms with Gasteiger partial charge in [-0.3, -0.25) is 10.2 Å². The number of piperidine rings is 1. The Morgan fingerprint density at radius 1 is 1.00 bits per heavy atom. The molecule has 0 aliphatic carbocycles. The standard InChI is InChI=1S/C21H28N6O/c1-25-12-14-27(15-13-25)24-21(28)18-8-5-11-26(16-18)20-10-9-19(22-23-20)17-6-3-2-4-7-17/h2-4,6-7,9-10,18H,5,8,11-16H2,1H3,(H,24,28). The zero-order valence-electron chi connectivity index (χ0n) is 16.4. The first-order valence-electron chi connectivity index (χ1n) is 10.1. The molecule has 1 N–H and O–H groups in total. The Bertz CT molecular complexity index is 773. The van der Waals surface area contributed by atoms with E-state index in [4.69, 9.17) is 0 Å². The Hall–Kier alpha value is -2.51. The second-order valence-corrected chi connectivity index (χ2v) is 7.69. The van der Waals surface area contributed by atoms with E-state index in [1.165, 1.54) is 0 Å². The van der Waals surface area contributed by atoms with E-state index >= 15 is 0 Å². The van der Waals surface area contributed by atoms with Crippen molar-refractivity contribution in [3.05, 3.63) is 42.5 Å². The zero-order chi connectivity index (χ0) is 19.3. The van der Waals surface area contributed by atoms with Gasteiger partial charge in [0, 0.05) is 44.8 Å². The molecule has 7 heteroatoms. The first-order valence-corrected chi connectivity index (χ1v) is 10.1. The maximum absolute atomic E-state index is 12.7. The van der Waals surface area contributed by atoms with E-state index in [1.807, 2.05) is 42.5 Å². The average Bonchev–Trinajstić information content (AvgIpc) is 2.76. The van der Waals surface area contributed by atoms with Crippen molar-refractivity contribution in [2.45, 2.75) is 12.8 Å². The van der Waals surface area contributed by atoms with Crippen LogP contribution in [0.1, 0.15) is 12.8 Å². The number of carbonyl (C=O) groups is 1. The highest BCUT2D eigenvalue weighted by Gasteiger charge is 2.28. The fraction of sp³-hybridized carbons (Fsp3) is 0.476. The second kappa shape index (κ2) is 8.67. The molecule has 2 aliphatic rings. The van der Waals surface area contributed by atoms with Crippen molar-refractivity contribution in [3.8, 4) is 11.3 Å². The molecule has 0 radical (unpaired) electrons. The van der Waals surface area contributed by atoms with Crippen molar-refractivity contribution in [3.63, 3.8) is 0 Å². The minimum absolute atomic E-state index is 0.0102. The molecule has 0 bridgehead atoms. The van der Waals surface area contributed by atoms with Crippen LogP contribution in [0.3, 0.4) is 0 Å². The monoisotopic (exact) mass is 380 g/mol. The second-order valence-electron chi connectivity index (χ2n) is 7.69. The van der Waals surface area contributed by atoms with Gasteiger partial charge in [0.1, 0.15) is 0 Å². The summed E-state index contributed by atoms with van der Waals surface area (Å²) >= 11 is 0. The van der Waals surface area contributed by atoms with Gasteiger partial charge in [-0.1, -0.05) is 30.3 Å². The molecule has 3 heterocycles. The zero-order valence-corrected chi connectivity index (χ0v) is 16.4. The number of nitrogens with one attached hydrogen (secondary N) is 1. The first-order chi connectivity index (χ1) is 13.7. The van der Waals surface area contributed by atoms with Crippen LogP contribution in [0, 0.1) is 5.92 Å². The van der Waals surface area contributed by atoms with Crippen LogP contribution >= 0.6 is 0 Å². The third kappa shape index (κ3) is 4.48. The molecule has 2 saturated heterocycles. The fourth-order valence-electron chi connectivity index (χ4n) is 3.82. The van der Waals surface area contributed by atoms with Crippen LogP contribution < -0.4 is 10.3 Å². The lowest BCUT2D eigenvalue weighted by Crippen LogP contribution is -2.55. The Morgan fingerprint density at radius 2 is 1.79 bits per heavy atom. The SMILES string of the molecule is CN1CCN(NC(=O)C2CCCN(c3ccc(-c4ccccc4)nn3)C2)CC1. The van der Waals surface area contributed by atoms with Gasteiger partial charge in [0.15, 0.2) is 5.82 Å². The molecule has 0 saturated carbocycles. The van der Waals surface area contributed by atoms with Crippen molar-refractivity contribution in [1.82, 2.24) is 25.5 Å². The summed E-state index contributed by atoms with van der Waals surface area (Å²) in [5.74, 6) is 0.962. The number of amides is 1. The molecule has 0 spiro atoms. The summed E-state index contributed by atoms with van der Waals surface area (Å²) in [6.07, 6.45) is 1.91. The summed E-state index contributed by atoms with van der Waals surface area (Å²) < 4.78 is 0. The maximum Gasteiger partial charge on any atom is 0.239 e. The molecule has 1 unspecified atom stereocenters. The Labute approximate surface area is 166 Å². The summed E-state index contributed by atoms with van der Waals surface area (Å²) in [6.45, 7) is 5.34. The molecule has 148 valence electrons. The van der Waals surface area contributed by atoms with Crippen molar-refractivity contribution >= 4 is 11.7 Å². The van der Waals surface area contributed by atoms with Crippen LogP contribution in [0.2, 0.25) is 0 Å². The van der Waals surface area contributed by atoms with Gasteiger partial charge in [0.25, 0.3) is 0 Å². The molecule has 7 nitrogen and oxygen atoms in total. The topological polar surface area (TPSA) is 64.6 Å². The number of hydrazine groups is 1. The van der Waals surface area contributed by atoms with E-state index in [0.29, 0.717) is 6.54 Å². The smallest absolute Gasteiger partial charge is 0.239 e. The minimum Gasteiger partial charge on any atom is -0.354 e. The molecular weight excluding hydrogens is 352 g/mol. The number of piperazine rings is 1. The molecule has 2 fully saturated rings. The van der Waals surface area contributed by atoms with E-state index in [2.05, 4.69) is 37.5 Å². The number of benzene rings is 1. The molecule has 2 aromatic rings. The highest BCUT2D eigenvalue weighted by molar-refractivity contribution is 5.79. The van der Waals surface area contributed by atoms with Crippen LogP contribution in [0.15, 0.2) is 42.5 Å². The molecule has 2 aliphatic heterocycles. The van der Waals surface area contributed by atoms with Crippen molar-refractivity contribution < 1.29 is 4.79 Å². The van der Waals surface area contributed by atoms with Gasteiger partial charge in [-0.15, -0.1) is 10.2 Å². The molecule has 4 rings (SSSR count).